The van der Waals surface area contributed by atoms with E-state index in [9.17, 15) is 9.59 Å². The van der Waals surface area contributed by atoms with Gasteiger partial charge in [-0.1, -0.05) is 0 Å². The quantitative estimate of drug-likeness (QED) is 0.640. The van der Waals surface area contributed by atoms with Crippen molar-refractivity contribution >= 4 is 11.8 Å². The maximum Gasteiger partial charge on any atom is 0.289 e. The first kappa shape index (κ1) is 9.24. The Kier molecular flexibility index (Phi) is 2.63. The third kappa shape index (κ3) is 1.66. The molecule has 0 bridgehead atoms. The third-order valence-electron chi connectivity index (χ3n) is 1.44. The summed E-state index contributed by atoms with van der Waals surface area (Å²) in [5.74, 6) is -1.01. The summed E-state index contributed by atoms with van der Waals surface area (Å²) in [7, 11) is 2.89. The van der Waals surface area contributed by atoms with E-state index in [1.165, 1.54) is 14.1 Å². The van der Waals surface area contributed by atoms with Gasteiger partial charge in [0.2, 0.25) is 5.76 Å². The van der Waals surface area contributed by atoms with Gasteiger partial charge in [-0.05, 0) is 0 Å². The van der Waals surface area contributed by atoms with Crippen molar-refractivity contribution in [1.29, 1.82) is 0 Å². The fraction of sp³-hybridized carbons (Fsp3) is 0.286. The summed E-state index contributed by atoms with van der Waals surface area (Å²) in [4.78, 5) is 25.8. The molecule has 2 amide bonds. The summed E-state index contributed by atoms with van der Waals surface area (Å²) in [5, 5.41) is 4.68. The average Bonchev–Trinajstić information content (AvgIpc) is 2.63. The van der Waals surface area contributed by atoms with E-state index in [1.807, 2.05) is 0 Å². The van der Waals surface area contributed by atoms with E-state index < -0.39 is 11.8 Å². The average molecular weight is 183 g/mol. The molecule has 6 heteroatoms. The van der Waals surface area contributed by atoms with Crippen molar-refractivity contribution in [1.82, 2.24) is 15.6 Å². The Morgan fingerprint density at radius 2 is 1.92 bits per heavy atom. The van der Waals surface area contributed by atoms with Crippen LogP contribution in [0.15, 0.2) is 10.8 Å². The maximum atomic E-state index is 11.1. The molecule has 0 unspecified atom stereocenters. The first-order valence-electron chi connectivity index (χ1n) is 3.58. The molecule has 1 heterocycles. The van der Waals surface area contributed by atoms with E-state index in [1.54, 1.807) is 0 Å². The molecule has 0 aromatic carbocycles. The van der Waals surface area contributed by atoms with Crippen LogP contribution in [0.25, 0.3) is 0 Å². The highest BCUT2D eigenvalue weighted by molar-refractivity contribution is 6.03. The van der Waals surface area contributed by atoms with Crippen molar-refractivity contribution in [3.05, 3.63) is 17.8 Å². The number of nitrogens with one attached hydrogen (secondary N) is 2. The van der Waals surface area contributed by atoms with Gasteiger partial charge in [-0.15, -0.1) is 0 Å². The number of carbonyl (C=O) groups excluding carboxylic acids is 2. The van der Waals surface area contributed by atoms with E-state index in [-0.39, 0.29) is 11.5 Å². The van der Waals surface area contributed by atoms with Crippen LogP contribution in [0.5, 0.6) is 0 Å². The Morgan fingerprint density at radius 1 is 1.31 bits per heavy atom. The van der Waals surface area contributed by atoms with Gasteiger partial charge in [0.15, 0.2) is 12.1 Å². The lowest BCUT2D eigenvalue weighted by molar-refractivity contribution is 0.0907. The molecule has 70 valence electrons. The minimum Gasteiger partial charge on any atom is -0.437 e. The number of oxazole rings is 1. The van der Waals surface area contributed by atoms with Crippen LogP contribution in [-0.2, 0) is 0 Å². The lowest BCUT2D eigenvalue weighted by atomic mass is 10.3. The second kappa shape index (κ2) is 3.70. The first-order chi connectivity index (χ1) is 6.20. The largest absolute Gasteiger partial charge is 0.437 e. The molecule has 6 nitrogen and oxygen atoms in total. The Balaban J connectivity index is 3.02. The molecule has 0 fully saturated rings. The van der Waals surface area contributed by atoms with E-state index in [0.29, 0.717) is 0 Å². The molecule has 2 N–H and O–H groups in total. The third-order valence-corrected chi connectivity index (χ3v) is 1.44. The second-order valence-electron chi connectivity index (χ2n) is 2.19. The van der Waals surface area contributed by atoms with Crippen LogP contribution >= 0.6 is 0 Å². The van der Waals surface area contributed by atoms with Crippen molar-refractivity contribution in [3.63, 3.8) is 0 Å². The van der Waals surface area contributed by atoms with Crippen molar-refractivity contribution in [2.45, 2.75) is 0 Å². The summed E-state index contributed by atoms with van der Waals surface area (Å²) < 4.78 is 4.76. The number of nitrogens with zero attached hydrogens (tertiary/aromatic N) is 1. The zero-order valence-corrected chi connectivity index (χ0v) is 7.25. The Hall–Kier alpha value is -1.85. The van der Waals surface area contributed by atoms with Gasteiger partial charge in [0.25, 0.3) is 11.8 Å². The Labute approximate surface area is 74.3 Å². The number of amides is 2. The van der Waals surface area contributed by atoms with Crippen LogP contribution in [0.4, 0.5) is 0 Å². The number of hydrogen-bond donors (Lipinski definition) is 2. The van der Waals surface area contributed by atoms with Crippen LogP contribution in [-0.4, -0.2) is 30.9 Å². The van der Waals surface area contributed by atoms with Gasteiger partial charge in [0.05, 0.1) is 0 Å². The van der Waals surface area contributed by atoms with Gasteiger partial charge in [-0.2, -0.15) is 0 Å². The molecule has 0 atom stereocenters. The van der Waals surface area contributed by atoms with Crippen LogP contribution < -0.4 is 10.6 Å². The fourth-order valence-corrected chi connectivity index (χ4v) is 0.801. The van der Waals surface area contributed by atoms with Crippen LogP contribution in [0, 0.1) is 0 Å². The predicted molar refractivity (Wildman–Crippen MR) is 43.3 cm³/mol. The molecule has 13 heavy (non-hydrogen) atoms. The molecule has 1 aromatic rings. The topological polar surface area (TPSA) is 84.2 Å². The monoisotopic (exact) mass is 183 g/mol. The van der Waals surface area contributed by atoms with Gasteiger partial charge in [0, 0.05) is 14.1 Å². The lowest BCUT2D eigenvalue weighted by Crippen LogP contribution is -2.24. The Morgan fingerprint density at radius 3 is 2.46 bits per heavy atom. The zero-order chi connectivity index (χ0) is 9.84. The molecule has 0 aliphatic heterocycles. The van der Waals surface area contributed by atoms with E-state index in [0.717, 1.165) is 6.39 Å². The maximum absolute atomic E-state index is 11.1. The van der Waals surface area contributed by atoms with Crippen LogP contribution in [0.1, 0.15) is 21.0 Å². The SMILES string of the molecule is CNC(=O)c1ncoc1C(=O)NC. The smallest absolute Gasteiger partial charge is 0.289 e. The van der Waals surface area contributed by atoms with E-state index in [4.69, 9.17) is 4.42 Å². The second-order valence-corrected chi connectivity index (χ2v) is 2.19. The minimum absolute atomic E-state index is 0.0122. The van der Waals surface area contributed by atoms with Gasteiger partial charge in [-0.3, -0.25) is 9.59 Å². The fourth-order valence-electron chi connectivity index (χ4n) is 0.801. The minimum atomic E-state index is -0.476. The van der Waals surface area contributed by atoms with Crippen molar-refractivity contribution in [3.8, 4) is 0 Å². The number of carbonyl (C=O) groups is 2. The summed E-state index contributed by atoms with van der Waals surface area (Å²) >= 11 is 0. The number of hydrogen-bond acceptors (Lipinski definition) is 4. The van der Waals surface area contributed by atoms with Gasteiger partial charge < -0.3 is 15.1 Å². The predicted octanol–water partition coefficient (Wildman–Crippen LogP) is -0.606. The molecule has 0 saturated heterocycles. The van der Waals surface area contributed by atoms with Crippen LogP contribution in [0.3, 0.4) is 0 Å². The van der Waals surface area contributed by atoms with Gasteiger partial charge >= 0.3 is 0 Å². The molecule has 1 aromatic heterocycles. The van der Waals surface area contributed by atoms with E-state index in [2.05, 4.69) is 15.6 Å². The summed E-state index contributed by atoms with van der Waals surface area (Å²) in [6.07, 6.45) is 1.05. The molecular weight excluding hydrogens is 174 g/mol. The number of aromatic nitrogens is 1. The lowest BCUT2D eigenvalue weighted by Gasteiger charge is -1.97. The molecule has 0 aliphatic rings. The number of rotatable bonds is 2. The van der Waals surface area contributed by atoms with Crippen molar-refractivity contribution in [2.24, 2.45) is 0 Å². The molecule has 0 aliphatic carbocycles. The normalized spacial score (nSPS) is 9.38. The standard InChI is InChI=1S/C7H9N3O3/c1-8-6(11)4-5(7(12)9-2)13-3-10-4/h3H,1-2H3,(H,8,11)(H,9,12). The molecule has 0 spiro atoms. The molecular formula is C7H9N3O3. The molecule has 0 saturated carbocycles. The van der Waals surface area contributed by atoms with Gasteiger partial charge in [0.1, 0.15) is 0 Å². The molecule has 1 rings (SSSR count). The summed E-state index contributed by atoms with van der Waals surface area (Å²) in [6, 6.07) is 0. The van der Waals surface area contributed by atoms with Crippen molar-refractivity contribution < 1.29 is 14.0 Å². The van der Waals surface area contributed by atoms with Gasteiger partial charge in [-0.25, -0.2) is 4.98 Å². The summed E-state index contributed by atoms with van der Waals surface area (Å²) in [5.41, 5.74) is -0.0122. The van der Waals surface area contributed by atoms with Crippen LogP contribution in [0.2, 0.25) is 0 Å². The summed E-state index contributed by atoms with van der Waals surface area (Å²) in [6.45, 7) is 0. The highest BCUT2D eigenvalue weighted by Gasteiger charge is 2.20. The van der Waals surface area contributed by atoms with E-state index >= 15 is 0 Å². The van der Waals surface area contributed by atoms with Crippen molar-refractivity contribution in [2.75, 3.05) is 14.1 Å². The zero-order valence-electron chi connectivity index (χ0n) is 7.25. The molecule has 0 radical (unpaired) electrons. The Bertz CT molecular complexity index is 301. The highest BCUT2D eigenvalue weighted by Crippen LogP contribution is 2.05. The highest BCUT2D eigenvalue weighted by atomic mass is 16.3. The first-order valence-corrected chi connectivity index (χ1v) is 3.58.